The van der Waals surface area contributed by atoms with Crippen molar-refractivity contribution in [2.24, 2.45) is 0 Å². The minimum atomic E-state index is -0.0505. The number of hydrogen-bond donors (Lipinski definition) is 1. The first kappa shape index (κ1) is 15.1. The van der Waals surface area contributed by atoms with Gasteiger partial charge in [-0.25, -0.2) is 4.98 Å². The molecule has 2 rings (SSSR count). The van der Waals surface area contributed by atoms with E-state index in [2.05, 4.69) is 16.4 Å². The van der Waals surface area contributed by atoms with Gasteiger partial charge in [0.25, 0.3) is 0 Å². The number of nitrogens with one attached hydrogen (secondary N) is 1. The predicted molar refractivity (Wildman–Crippen MR) is 85.4 cm³/mol. The van der Waals surface area contributed by atoms with Gasteiger partial charge in [0.05, 0.1) is 17.7 Å². The number of carbonyl (C=O) groups excluding carboxylic acids is 1. The van der Waals surface area contributed by atoms with E-state index in [0.29, 0.717) is 16.3 Å². The van der Waals surface area contributed by atoms with Crippen molar-refractivity contribution >= 4 is 34.3 Å². The molecule has 5 nitrogen and oxygen atoms in total. The van der Waals surface area contributed by atoms with Gasteiger partial charge in [0, 0.05) is 19.5 Å². The summed E-state index contributed by atoms with van der Waals surface area (Å²) >= 11 is 1.42. The molecule has 0 saturated carbocycles. The van der Waals surface area contributed by atoms with Crippen LogP contribution in [0.25, 0.3) is 10.9 Å². The summed E-state index contributed by atoms with van der Waals surface area (Å²) in [5, 5.41) is 14.0. The Morgan fingerprint density at radius 1 is 1.43 bits per heavy atom. The topological polar surface area (TPSA) is 69.0 Å². The average Bonchev–Trinajstić information content (AvgIpc) is 2.50. The SMILES string of the molecule is CSc1nc2ccccc2c(NCC(=O)N(C)C)c1C#N. The molecule has 0 atom stereocenters. The fraction of sp³-hybridized carbons (Fsp3) is 0.267. The lowest BCUT2D eigenvalue weighted by atomic mass is 10.1. The number of carbonyl (C=O) groups is 1. The van der Waals surface area contributed by atoms with Crippen LogP contribution in [0.1, 0.15) is 5.56 Å². The van der Waals surface area contributed by atoms with E-state index >= 15 is 0 Å². The van der Waals surface area contributed by atoms with Gasteiger partial charge in [0.1, 0.15) is 16.7 Å². The number of amides is 1. The maximum atomic E-state index is 11.8. The molecule has 0 aliphatic rings. The average molecular weight is 300 g/mol. The van der Waals surface area contributed by atoms with Gasteiger partial charge in [-0.15, -0.1) is 11.8 Å². The summed E-state index contributed by atoms with van der Waals surface area (Å²) in [4.78, 5) is 17.8. The third-order valence-electron chi connectivity index (χ3n) is 3.08. The normalized spacial score (nSPS) is 10.2. The van der Waals surface area contributed by atoms with Gasteiger partial charge in [-0.05, 0) is 12.3 Å². The van der Waals surface area contributed by atoms with Crippen molar-refractivity contribution in [3.05, 3.63) is 29.8 Å². The fourth-order valence-electron chi connectivity index (χ4n) is 1.95. The Hall–Kier alpha value is -2.26. The van der Waals surface area contributed by atoms with Gasteiger partial charge in [0.2, 0.25) is 5.91 Å². The molecule has 0 bridgehead atoms. The van der Waals surface area contributed by atoms with Crippen LogP contribution in [-0.2, 0) is 4.79 Å². The molecule has 108 valence electrons. The summed E-state index contributed by atoms with van der Waals surface area (Å²) in [5.74, 6) is -0.0505. The van der Waals surface area contributed by atoms with Crippen LogP contribution >= 0.6 is 11.8 Å². The molecular weight excluding hydrogens is 284 g/mol. The number of para-hydroxylation sites is 1. The number of anilines is 1. The Balaban J connectivity index is 2.53. The highest BCUT2D eigenvalue weighted by Crippen LogP contribution is 2.31. The molecule has 0 aliphatic carbocycles. The molecule has 2 aromatic rings. The minimum absolute atomic E-state index is 0.0505. The fourth-order valence-corrected chi connectivity index (χ4v) is 2.49. The number of thioether (sulfide) groups is 1. The molecule has 1 heterocycles. The molecular formula is C15H16N4OS. The van der Waals surface area contributed by atoms with Crippen LogP contribution in [0.2, 0.25) is 0 Å². The molecule has 6 heteroatoms. The number of likely N-dealkylation sites (N-methyl/N-ethyl adjacent to an activating group) is 1. The summed E-state index contributed by atoms with van der Waals surface area (Å²) in [6.45, 7) is 0.142. The maximum Gasteiger partial charge on any atom is 0.241 e. The van der Waals surface area contributed by atoms with Gasteiger partial charge >= 0.3 is 0 Å². The van der Waals surface area contributed by atoms with Gasteiger partial charge in [-0.1, -0.05) is 18.2 Å². The van der Waals surface area contributed by atoms with Crippen LogP contribution in [-0.4, -0.2) is 42.7 Å². The molecule has 0 unspecified atom stereocenters. The molecule has 1 aromatic heterocycles. The van der Waals surface area contributed by atoms with Crippen LogP contribution < -0.4 is 5.32 Å². The van der Waals surface area contributed by atoms with E-state index in [1.165, 1.54) is 16.7 Å². The number of rotatable bonds is 4. The molecule has 0 radical (unpaired) electrons. The number of pyridine rings is 1. The highest BCUT2D eigenvalue weighted by atomic mass is 32.2. The first-order chi connectivity index (χ1) is 10.1. The first-order valence-corrected chi connectivity index (χ1v) is 7.61. The largest absolute Gasteiger partial charge is 0.374 e. The Bertz CT molecular complexity index is 721. The highest BCUT2D eigenvalue weighted by molar-refractivity contribution is 7.98. The number of nitrogens with zero attached hydrogens (tertiary/aromatic N) is 3. The second-order valence-corrected chi connectivity index (χ2v) is 5.44. The smallest absolute Gasteiger partial charge is 0.241 e. The zero-order valence-electron chi connectivity index (χ0n) is 12.2. The highest BCUT2D eigenvalue weighted by Gasteiger charge is 2.15. The number of hydrogen-bond acceptors (Lipinski definition) is 5. The van der Waals surface area contributed by atoms with Gasteiger partial charge in [0.15, 0.2) is 0 Å². The molecule has 0 fully saturated rings. The van der Waals surface area contributed by atoms with Gasteiger partial charge in [-0.2, -0.15) is 5.26 Å². The molecule has 0 aliphatic heterocycles. The van der Waals surface area contributed by atoms with Crippen LogP contribution in [0.5, 0.6) is 0 Å². The molecule has 0 spiro atoms. The number of fused-ring (bicyclic) bond motifs is 1. The number of nitriles is 1. The third-order valence-corrected chi connectivity index (χ3v) is 3.76. The van der Waals surface area contributed by atoms with Gasteiger partial charge in [-0.3, -0.25) is 4.79 Å². The van der Waals surface area contributed by atoms with Crippen molar-refractivity contribution in [1.82, 2.24) is 9.88 Å². The first-order valence-electron chi connectivity index (χ1n) is 6.39. The standard InChI is InChI=1S/C15H16N4OS/c1-19(2)13(20)9-17-14-10-6-4-5-7-12(10)18-15(21-3)11(14)8-16/h4-7H,9H2,1-3H3,(H,17,18). The number of benzene rings is 1. The lowest BCUT2D eigenvalue weighted by Crippen LogP contribution is -2.28. The number of aromatic nitrogens is 1. The Morgan fingerprint density at radius 3 is 2.76 bits per heavy atom. The Morgan fingerprint density at radius 2 is 2.14 bits per heavy atom. The van der Waals surface area contributed by atoms with E-state index in [-0.39, 0.29) is 12.5 Å². The van der Waals surface area contributed by atoms with Crippen LogP contribution in [0, 0.1) is 11.3 Å². The van der Waals surface area contributed by atoms with E-state index < -0.39 is 0 Å². The quantitative estimate of drug-likeness (QED) is 0.878. The van der Waals surface area contributed by atoms with Crippen molar-refractivity contribution in [3.63, 3.8) is 0 Å². The van der Waals surface area contributed by atoms with E-state index in [1.54, 1.807) is 14.1 Å². The predicted octanol–water partition coefficient (Wildman–Crippen LogP) is 2.33. The minimum Gasteiger partial charge on any atom is -0.374 e. The van der Waals surface area contributed by atoms with Crippen LogP contribution in [0.3, 0.4) is 0 Å². The van der Waals surface area contributed by atoms with Crippen LogP contribution in [0.15, 0.2) is 29.3 Å². The summed E-state index contributed by atoms with van der Waals surface area (Å²) < 4.78 is 0. The second-order valence-electron chi connectivity index (χ2n) is 4.64. The lowest BCUT2D eigenvalue weighted by Gasteiger charge is -2.15. The molecule has 21 heavy (non-hydrogen) atoms. The zero-order valence-corrected chi connectivity index (χ0v) is 13.0. The summed E-state index contributed by atoms with van der Waals surface area (Å²) in [7, 11) is 3.40. The van der Waals surface area contributed by atoms with Crippen molar-refractivity contribution in [2.75, 3.05) is 32.2 Å². The van der Waals surface area contributed by atoms with Crippen molar-refractivity contribution < 1.29 is 4.79 Å². The molecule has 1 N–H and O–H groups in total. The second kappa shape index (κ2) is 6.46. The Kier molecular flexibility index (Phi) is 4.66. The monoisotopic (exact) mass is 300 g/mol. The maximum absolute atomic E-state index is 11.8. The van der Waals surface area contributed by atoms with Crippen molar-refractivity contribution in [3.8, 4) is 6.07 Å². The van der Waals surface area contributed by atoms with Crippen molar-refractivity contribution in [1.29, 1.82) is 5.26 Å². The van der Waals surface area contributed by atoms with E-state index in [0.717, 1.165) is 10.9 Å². The molecule has 0 saturated heterocycles. The Labute approximate surface area is 128 Å². The van der Waals surface area contributed by atoms with Crippen LogP contribution in [0.4, 0.5) is 5.69 Å². The summed E-state index contributed by atoms with van der Waals surface area (Å²) in [6.07, 6.45) is 1.88. The van der Waals surface area contributed by atoms with E-state index in [4.69, 9.17) is 0 Å². The van der Waals surface area contributed by atoms with Crippen molar-refractivity contribution in [2.45, 2.75) is 5.03 Å². The van der Waals surface area contributed by atoms with E-state index in [9.17, 15) is 10.1 Å². The van der Waals surface area contributed by atoms with Gasteiger partial charge < -0.3 is 10.2 Å². The lowest BCUT2D eigenvalue weighted by molar-refractivity contribution is -0.126. The molecule has 1 aromatic carbocycles. The summed E-state index contributed by atoms with van der Waals surface area (Å²) in [5.41, 5.74) is 1.95. The summed E-state index contributed by atoms with van der Waals surface area (Å²) in [6, 6.07) is 9.78. The zero-order chi connectivity index (χ0) is 15.4. The van der Waals surface area contributed by atoms with E-state index in [1.807, 2.05) is 30.5 Å². The third kappa shape index (κ3) is 3.09. The molecule has 1 amide bonds.